The third-order valence-corrected chi connectivity index (χ3v) is 5.19. The van der Waals surface area contributed by atoms with Gasteiger partial charge in [-0.2, -0.15) is 18.3 Å². The molecule has 2 aromatic carbocycles. The van der Waals surface area contributed by atoms with Crippen LogP contribution < -0.4 is 9.80 Å². The normalized spacial score (nSPS) is 13.8. The lowest BCUT2D eigenvalue weighted by molar-refractivity contribution is -0.137. The highest BCUT2D eigenvalue weighted by atomic mass is 19.4. The maximum absolute atomic E-state index is 13.1. The molecule has 0 fully saturated rings. The van der Waals surface area contributed by atoms with E-state index < -0.39 is 11.7 Å². The largest absolute Gasteiger partial charge is 0.416 e. The minimum Gasteiger partial charge on any atom is -0.340 e. The van der Waals surface area contributed by atoms with Crippen LogP contribution in [-0.2, 0) is 17.5 Å². The number of fused-ring (bicyclic) bond motifs is 1. The second kappa shape index (κ2) is 8.01. The highest BCUT2D eigenvalue weighted by molar-refractivity contribution is 6.06. The maximum atomic E-state index is 13.1. The number of rotatable bonds is 4. The number of hydrogen-bond donors (Lipinski definition) is 1. The molecular formula is C22H16F3N7O. The Morgan fingerprint density at radius 1 is 0.970 bits per heavy atom. The van der Waals surface area contributed by atoms with E-state index in [4.69, 9.17) is 0 Å². The summed E-state index contributed by atoms with van der Waals surface area (Å²) in [4.78, 5) is 29.0. The fourth-order valence-corrected chi connectivity index (χ4v) is 3.71. The van der Waals surface area contributed by atoms with Crippen LogP contribution in [0.1, 0.15) is 11.1 Å². The lowest BCUT2D eigenvalue weighted by Crippen LogP contribution is -2.44. The van der Waals surface area contributed by atoms with E-state index in [2.05, 4.69) is 25.1 Å². The molecule has 5 rings (SSSR count). The quantitative estimate of drug-likeness (QED) is 0.505. The van der Waals surface area contributed by atoms with Gasteiger partial charge in [-0.05, 0) is 42.0 Å². The number of halogens is 3. The lowest BCUT2D eigenvalue weighted by atomic mass is 10.1. The standard InChI is InChI=1S/C22H16F3N7O/c23-22(24,25)16-3-1-2-14(10-16)11-31-12-18(33)32(21-20(31)26-8-9-27-21)17-6-4-15(5-7-17)19-28-13-29-30-19/h1-10,13H,11-12H2,(H,28,29,30). The summed E-state index contributed by atoms with van der Waals surface area (Å²) in [5.74, 6) is 1.04. The Balaban J connectivity index is 1.46. The van der Waals surface area contributed by atoms with Crippen molar-refractivity contribution in [3.8, 4) is 11.4 Å². The zero-order valence-electron chi connectivity index (χ0n) is 17.0. The van der Waals surface area contributed by atoms with Crippen LogP contribution in [-0.4, -0.2) is 37.6 Å². The smallest absolute Gasteiger partial charge is 0.340 e. The molecule has 33 heavy (non-hydrogen) atoms. The summed E-state index contributed by atoms with van der Waals surface area (Å²) < 4.78 is 39.3. The number of carbonyl (C=O) groups is 1. The van der Waals surface area contributed by atoms with Gasteiger partial charge >= 0.3 is 6.18 Å². The fourth-order valence-electron chi connectivity index (χ4n) is 3.71. The van der Waals surface area contributed by atoms with Crippen LogP contribution in [0.4, 0.5) is 30.5 Å². The molecule has 0 saturated carbocycles. The summed E-state index contributed by atoms with van der Waals surface area (Å²) in [6, 6.07) is 12.2. The summed E-state index contributed by atoms with van der Waals surface area (Å²) >= 11 is 0. The minimum atomic E-state index is -4.44. The Kier molecular flexibility index (Phi) is 5.00. The van der Waals surface area contributed by atoms with Crippen LogP contribution in [0.2, 0.25) is 0 Å². The molecular weight excluding hydrogens is 435 g/mol. The first-order valence-electron chi connectivity index (χ1n) is 9.91. The molecule has 0 unspecified atom stereocenters. The van der Waals surface area contributed by atoms with E-state index in [1.54, 1.807) is 35.2 Å². The van der Waals surface area contributed by atoms with Gasteiger partial charge in [-0.25, -0.2) is 15.0 Å². The molecule has 4 aromatic rings. The van der Waals surface area contributed by atoms with Gasteiger partial charge in [0.15, 0.2) is 17.5 Å². The van der Waals surface area contributed by atoms with Crippen molar-refractivity contribution in [2.45, 2.75) is 12.7 Å². The van der Waals surface area contributed by atoms with Crippen molar-refractivity contribution in [3.63, 3.8) is 0 Å². The summed E-state index contributed by atoms with van der Waals surface area (Å²) in [6.45, 7) is 0.0193. The molecule has 0 aliphatic carbocycles. The van der Waals surface area contributed by atoms with E-state index in [0.29, 0.717) is 28.7 Å². The monoisotopic (exact) mass is 451 g/mol. The molecule has 1 aliphatic rings. The molecule has 0 atom stereocenters. The van der Waals surface area contributed by atoms with Crippen molar-refractivity contribution in [1.82, 2.24) is 25.1 Å². The molecule has 1 N–H and O–H groups in total. The predicted molar refractivity (Wildman–Crippen MR) is 113 cm³/mol. The number of hydrogen-bond acceptors (Lipinski definition) is 6. The summed E-state index contributed by atoms with van der Waals surface area (Å²) in [6.07, 6.45) is -0.0862. The molecule has 3 heterocycles. The zero-order chi connectivity index (χ0) is 23.0. The van der Waals surface area contributed by atoms with Gasteiger partial charge in [0, 0.05) is 24.5 Å². The first-order chi connectivity index (χ1) is 15.9. The van der Waals surface area contributed by atoms with Crippen molar-refractivity contribution >= 4 is 23.2 Å². The lowest BCUT2D eigenvalue weighted by Gasteiger charge is -2.35. The number of carbonyl (C=O) groups excluding carboxylic acids is 1. The van der Waals surface area contributed by atoms with Gasteiger partial charge in [0.25, 0.3) is 5.91 Å². The van der Waals surface area contributed by atoms with Crippen LogP contribution in [0.5, 0.6) is 0 Å². The van der Waals surface area contributed by atoms with Crippen molar-refractivity contribution in [1.29, 1.82) is 0 Å². The highest BCUT2D eigenvalue weighted by Gasteiger charge is 2.34. The van der Waals surface area contributed by atoms with Gasteiger partial charge in [0.2, 0.25) is 0 Å². The number of benzene rings is 2. The molecule has 0 spiro atoms. The van der Waals surface area contributed by atoms with Crippen LogP contribution in [0, 0.1) is 0 Å². The molecule has 166 valence electrons. The number of aromatic amines is 1. The van der Waals surface area contributed by atoms with Crippen molar-refractivity contribution in [2.24, 2.45) is 0 Å². The van der Waals surface area contributed by atoms with E-state index in [-0.39, 0.29) is 19.0 Å². The second-order valence-electron chi connectivity index (χ2n) is 7.37. The minimum absolute atomic E-state index is 0.0637. The Morgan fingerprint density at radius 2 is 1.73 bits per heavy atom. The van der Waals surface area contributed by atoms with Crippen LogP contribution in [0.3, 0.4) is 0 Å². The topological polar surface area (TPSA) is 90.9 Å². The highest BCUT2D eigenvalue weighted by Crippen LogP contribution is 2.36. The van der Waals surface area contributed by atoms with E-state index in [1.165, 1.54) is 29.7 Å². The number of nitrogens with zero attached hydrogens (tertiary/aromatic N) is 6. The Labute approximate surface area is 185 Å². The van der Waals surface area contributed by atoms with Gasteiger partial charge in [-0.1, -0.05) is 12.1 Å². The van der Waals surface area contributed by atoms with E-state index in [0.717, 1.165) is 17.7 Å². The van der Waals surface area contributed by atoms with Crippen molar-refractivity contribution in [2.75, 3.05) is 16.3 Å². The molecule has 0 bridgehead atoms. The molecule has 1 amide bonds. The van der Waals surface area contributed by atoms with E-state index in [9.17, 15) is 18.0 Å². The van der Waals surface area contributed by atoms with Gasteiger partial charge in [-0.15, -0.1) is 0 Å². The molecule has 1 aliphatic heterocycles. The third-order valence-electron chi connectivity index (χ3n) is 5.19. The van der Waals surface area contributed by atoms with Gasteiger partial charge in [0.1, 0.15) is 6.33 Å². The van der Waals surface area contributed by atoms with Gasteiger partial charge in [-0.3, -0.25) is 14.8 Å². The number of amides is 1. The van der Waals surface area contributed by atoms with E-state index >= 15 is 0 Å². The summed E-state index contributed by atoms with van der Waals surface area (Å²) in [5, 5.41) is 6.61. The van der Waals surface area contributed by atoms with Gasteiger partial charge < -0.3 is 4.90 Å². The molecule has 0 saturated heterocycles. The molecule has 8 nitrogen and oxygen atoms in total. The fraction of sp³-hybridized carbons (Fsp3) is 0.136. The van der Waals surface area contributed by atoms with Crippen LogP contribution >= 0.6 is 0 Å². The number of anilines is 3. The second-order valence-corrected chi connectivity index (χ2v) is 7.37. The number of H-pyrrole nitrogens is 1. The molecule has 11 heteroatoms. The summed E-state index contributed by atoms with van der Waals surface area (Å²) in [5.41, 5.74) is 1.06. The predicted octanol–water partition coefficient (Wildman–Crippen LogP) is 3.97. The van der Waals surface area contributed by atoms with Crippen molar-refractivity contribution in [3.05, 3.63) is 78.4 Å². The first-order valence-corrected chi connectivity index (χ1v) is 9.91. The number of alkyl halides is 3. The average molecular weight is 451 g/mol. The SMILES string of the molecule is O=C1CN(Cc2cccc(C(F)(F)F)c2)c2nccnc2N1c1ccc(-c2ncn[nH]2)cc1. The van der Waals surface area contributed by atoms with Gasteiger partial charge in [0.05, 0.1) is 17.8 Å². The summed E-state index contributed by atoms with van der Waals surface area (Å²) in [7, 11) is 0. The maximum Gasteiger partial charge on any atom is 0.416 e. The van der Waals surface area contributed by atoms with E-state index in [1.807, 2.05) is 0 Å². The molecule has 2 aromatic heterocycles. The number of aromatic nitrogens is 5. The first kappa shape index (κ1) is 20.6. The molecule has 0 radical (unpaired) electrons. The Hall–Kier alpha value is -4.28. The van der Waals surface area contributed by atoms with Crippen LogP contribution in [0.25, 0.3) is 11.4 Å². The van der Waals surface area contributed by atoms with Crippen LogP contribution in [0.15, 0.2) is 67.3 Å². The Bertz CT molecular complexity index is 1290. The zero-order valence-corrected chi connectivity index (χ0v) is 17.0. The third kappa shape index (κ3) is 4.00. The number of nitrogens with one attached hydrogen (secondary N) is 1. The average Bonchev–Trinajstić information content (AvgIpc) is 3.34. The Morgan fingerprint density at radius 3 is 2.42 bits per heavy atom. The van der Waals surface area contributed by atoms with Crippen molar-refractivity contribution < 1.29 is 18.0 Å².